The molecule has 0 aliphatic heterocycles. The number of nitrogens with zero attached hydrogens (tertiary/aromatic N) is 2. The maximum absolute atomic E-state index is 11.4. The number of aromatic nitrogens is 2. The predicted molar refractivity (Wildman–Crippen MR) is 55.7 cm³/mol. The van der Waals surface area contributed by atoms with Crippen molar-refractivity contribution < 1.29 is 9.90 Å². The van der Waals surface area contributed by atoms with Gasteiger partial charge in [0.15, 0.2) is 0 Å². The number of carboxylic acids is 1. The van der Waals surface area contributed by atoms with E-state index in [0.29, 0.717) is 0 Å². The van der Waals surface area contributed by atoms with Crippen molar-refractivity contribution >= 4 is 5.97 Å². The van der Waals surface area contributed by atoms with Crippen LogP contribution in [0.15, 0.2) is 12.4 Å². The van der Waals surface area contributed by atoms with Crippen molar-refractivity contribution in [3.8, 4) is 0 Å². The molecule has 1 heterocycles. The van der Waals surface area contributed by atoms with Gasteiger partial charge in [0.2, 0.25) is 0 Å². The number of carbonyl (C=O) groups is 1. The molecular formula is C11H16N2O2. The number of aryl methyl sites for hydroxylation is 1. The van der Waals surface area contributed by atoms with Crippen molar-refractivity contribution in [1.29, 1.82) is 0 Å². The third-order valence-corrected chi connectivity index (χ3v) is 3.35. The van der Waals surface area contributed by atoms with Crippen LogP contribution in [0.1, 0.15) is 38.4 Å². The second-order valence-electron chi connectivity index (χ2n) is 4.13. The summed E-state index contributed by atoms with van der Waals surface area (Å²) in [6.07, 6.45) is 6.98. The standard InChI is InChI=1S/C11H16N2O2/c1-2-13-8-7-12-9(13)11(10(14)15)5-3-4-6-11/h7-8H,2-6H2,1H3,(H,14,15). The number of carboxylic acid groups (broad SMARTS) is 1. The highest BCUT2D eigenvalue weighted by Gasteiger charge is 2.46. The monoisotopic (exact) mass is 208 g/mol. The van der Waals surface area contributed by atoms with Crippen LogP contribution in [0.2, 0.25) is 0 Å². The van der Waals surface area contributed by atoms with E-state index in [0.717, 1.165) is 38.1 Å². The lowest BCUT2D eigenvalue weighted by Crippen LogP contribution is -2.35. The summed E-state index contributed by atoms with van der Waals surface area (Å²) in [5.41, 5.74) is -0.723. The fourth-order valence-corrected chi connectivity index (χ4v) is 2.49. The molecule has 0 amide bonds. The van der Waals surface area contributed by atoms with Crippen LogP contribution in [0, 0.1) is 0 Å². The minimum absolute atomic E-state index is 0.721. The van der Waals surface area contributed by atoms with E-state index in [4.69, 9.17) is 0 Å². The molecule has 1 saturated carbocycles. The highest BCUT2D eigenvalue weighted by Crippen LogP contribution is 2.40. The van der Waals surface area contributed by atoms with Crippen molar-refractivity contribution in [1.82, 2.24) is 9.55 Å². The van der Waals surface area contributed by atoms with Crippen molar-refractivity contribution in [2.75, 3.05) is 0 Å². The van der Waals surface area contributed by atoms with Gasteiger partial charge in [0.25, 0.3) is 0 Å². The summed E-state index contributed by atoms with van der Waals surface area (Å²) in [6.45, 7) is 2.79. The minimum Gasteiger partial charge on any atom is -0.480 e. The summed E-state index contributed by atoms with van der Waals surface area (Å²) in [5, 5.41) is 9.40. The molecule has 1 aliphatic rings. The molecule has 1 aromatic heterocycles. The van der Waals surface area contributed by atoms with Gasteiger partial charge in [-0.2, -0.15) is 0 Å². The van der Waals surface area contributed by atoms with Crippen LogP contribution >= 0.6 is 0 Å². The summed E-state index contributed by atoms with van der Waals surface area (Å²) in [5.74, 6) is 0.0101. The quantitative estimate of drug-likeness (QED) is 0.824. The molecular weight excluding hydrogens is 192 g/mol. The third-order valence-electron chi connectivity index (χ3n) is 3.35. The second-order valence-corrected chi connectivity index (χ2v) is 4.13. The third kappa shape index (κ3) is 1.44. The number of aliphatic carboxylic acids is 1. The summed E-state index contributed by atoms with van der Waals surface area (Å²) in [4.78, 5) is 15.7. The average molecular weight is 208 g/mol. The fourth-order valence-electron chi connectivity index (χ4n) is 2.49. The van der Waals surface area contributed by atoms with Crippen LogP contribution in [0.4, 0.5) is 0 Å². The Morgan fingerprint density at radius 3 is 2.80 bits per heavy atom. The van der Waals surface area contributed by atoms with Gasteiger partial charge < -0.3 is 9.67 Å². The van der Waals surface area contributed by atoms with Gasteiger partial charge in [-0.3, -0.25) is 4.79 Å². The zero-order valence-electron chi connectivity index (χ0n) is 8.94. The molecule has 0 saturated heterocycles. The first kappa shape index (κ1) is 10.2. The smallest absolute Gasteiger partial charge is 0.317 e. The van der Waals surface area contributed by atoms with Gasteiger partial charge in [-0.05, 0) is 19.8 Å². The molecule has 1 aliphatic carbocycles. The molecule has 1 fully saturated rings. The Hall–Kier alpha value is -1.32. The molecule has 82 valence electrons. The van der Waals surface area contributed by atoms with E-state index < -0.39 is 11.4 Å². The Balaban J connectivity index is 2.45. The highest BCUT2D eigenvalue weighted by atomic mass is 16.4. The first-order valence-corrected chi connectivity index (χ1v) is 5.46. The van der Waals surface area contributed by atoms with Gasteiger partial charge in [-0.1, -0.05) is 12.8 Å². The Bertz CT molecular complexity index is 364. The van der Waals surface area contributed by atoms with E-state index in [1.54, 1.807) is 6.20 Å². The van der Waals surface area contributed by atoms with Crippen LogP contribution < -0.4 is 0 Å². The van der Waals surface area contributed by atoms with Crippen molar-refractivity contribution in [2.24, 2.45) is 0 Å². The van der Waals surface area contributed by atoms with E-state index in [-0.39, 0.29) is 0 Å². The van der Waals surface area contributed by atoms with Crippen LogP contribution in [-0.2, 0) is 16.8 Å². The van der Waals surface area contributed by atoms with Crippen molar-refractivity contribution in [3.05, 3.63) is 18.2 Å². The van der Waals surface area contributed by atoms with Crippen LogP contribution in [0.3, 0.4) is 0 Å². The van der Waals surface area contributed by atoms with E-state index in [1.807, 2.05) is 17.7 Å². The van der Waals surface area contributed by atoms with Gasteiger partial charge in [0.1, 0.15) is 11.2 Å². The maximum atomic E-state index is 11.4. The highest BCUT2D eigenvalue weighted by molar-refractivity contribution is 5.80. The Morgan fingerprint density at radius 2 is 2.27 bits per heavy atom. The van der Waals surface area contributed by atoms with Gasteiger partial charge >= 0.3 is 5.97 Å². The molecule has 1 aromatic rings. The number of rotatable bonds is 3. The first-order valence-electron chi connectivity index (χ1n) is 5.46. The largest absolute Gasteiger partial charge is 0.480 e. The molecule has 0 radical (unpaired) electrons. The normalized spacial score (nSPS) is 19.3. The second kappa shape index (κ2) is 3.68. The first-order chi connectivity index (χ1) is 7.20. The molecule has 0 aromatic carbocycles. The lowest BCUT2D eigenvalue weighted by Gasteiger charge is -2.23. The summed E-state index contributed by atoms with van der Waals surface area (Å²) in [7, 11) is 0. The predicted octanol–water partition coefficient (Wildman–Crippen LogP) is 1.80. The van der Waals surface area contributed by atoms with Crippen molar-refractivity contribution in [3.63, 3.8) is 0 Å². The fraction of sp³-hybridized carbons (Fsp3) is 0.636. The Morgan fingerprint density at radius 1 is 1.60 bits per heavy atom. The summed E-state index contributed by atoms with van der Waals surface area (Å²) < 4.78 is 1.94. The molecule has 15 heavy (non-hydrogen) atoms. The van der Waals surface area contributed by atoms with E-state index >= 15 is 0 Å². The van der Waals surface area contributed by atoms with Crippen LogP contribution in [-0.4, -0.2) is 20.6 Å². The molecule has 0 spiro atoms. The number of hydrogen-bond donors (Lipinski definition) is 1. The van der Waals surface area contributed by atoms with Gasteiger partial charge in [-0.15, -0.1) is 0 Å². The Labute approximate surface area is 88.9 Å². The van der Waals surface area contributed by atoms with Gasteiger partial charge in [0.05, 0.1) is 0 Å². The molecule has 4 nitrogen and oxygen atoms in total. The van der Waals surface area contributed by atoms with Gasteiger partial charge in [0, 0.05) is 18.9 Å². The van der Waals surface area contributed by atoms with Crippen LogP contribution in [0.25, 0.3) is 0 Å². The minimum atomic E-state index is -0.723. The maximum Gasteiger partial charge on any atom is 0.317 e. The van der Waals surface area contributed by atoms with Crippen LogP contribution in [0.5, 0.6) is 0 Å². The molecule has 1 N–H and O–H groups in total. The Kier molecular flexibility index (Phi) is 2.50. The number of imidazole rings is 1. The topological polar surface area (TPSA) is 55.1 Å². The van der Waals surface area contributed by atoms with E-state index in [1.165, 1.54) is 0 Å². The average Bonchev–Trinajstić information content (AvgIpc) is 2.86. The number of hydrogen-bond acceptors (Lipinski definition) is 2. The molecule has 4 heteroatoms. The zero-order chi connectivity index (χ0) is 10.9. The SMILES string of the molecule is CCn1ccnc1C1(C(=O)O)CCCC1. The lowest BCUT2D eigenvalue weighted by molar-refractivity contribution is -0.144. The summed E-state index contributed by atoms with van der Waals surface area (Å²) >= 11 is 0. The van der Waals surface area contributed by atoms with E-state index in [9.17, 15) is 9.90 Å². The molecule has 2 rings (SSSR count). The van der Waals surface area contributed by atoms with Gasteiger partial charge in [-0.25, -0.2) is 4.98 Å². The molecule has 0 bridgehead atoms. The molecule has 0 unspecified atom stereocenters. The van der Waals surface area contributed by atoms with Crippen molar-refractivity contribution in [2.45, 2.75) is 44.6 Å². The van der Waals surface area contributed by atoms with E-state index in [2.05, 4.69) is 4.98 Å². The molecule has 0 atom stereocenters. The lowest BCUT2D eigenvalue weighted by atomic mass is 9.85. The summed E-state index contributed by atoms with van der Waals surface area (Å²) in [6, 6.07) is 0. The zero-order valence-corrected chi connectivity index (χ0v) is 8.94.